The maximum absolute atomic E-state index is 12.4. The minimum absolute atomic E-state index is 0.164. The van der Waals surface area contributed by atoms with Gasteiger partial charge in [-0.2, -0.15) is 5.10 Å². The van der Waals surface area contributed by atoms with Crippen molar-refractivity contribution in [2.24, 2.45) is 0 Å². The maximum Gasteiger partial charge on any atom is 0.244 e. The molecule has 0 aliphatic heterocycles. The van der Waals surface area contributed by atoms with E-state index in [1.54, 1.807) is 20.0 Å². The third kappa shape index (κ3) is 2.40. The van der Waals surface area contributed by atoms with Crippen molar-refractivity contribution >= 4 is 15.7 Å². The van der Waals surface area contributed by atoms with Gasteiger partial charge in [-0.1, -0.05) is 6.07 Å². The van der Waals surface area contributed by atoms with Gasteiger partial charge in [0.05, 0.1) is 29.8 Å². The molecule has 0 amide bonds. The van der Waals surface area contributed by atoms with Gasteiger partial charge in [0.2, 0.25) is 10.0 Å². The molecule has 3 aromatic rings. The Morgan fingerprint density at radius 3 is 2.77 bits per heavy atom. The summed E-state index contributed by atoms with van der Waals surface area (Å²) in [5.41, 5.74) is 3.63. The molecule has 0 radical (unpaired) electrons. The van der Waals surface area contributed by atoms with Gasteiger partial charge in [0.25, 0.3) is 0 Å². The molecular formula is C14H17N5O2S. The van der Waals surface area contributed by atoms with E-state index < -0.39 is 10.0 Å². The van der Waals surface area contributed by atoms with Gasteiger partial charge in [-0.25, -0.2) is 18.1 Å². The topological polar surface area (TPSA) is 92.1 Å². The number of fused-ring (bicyclic) bond motifs is 1. The van der Waals surface area contributed by atoms with Crippen LogP contribution in [0.25, 0.3) is 5.65 Å². The molecule has 116 valence electrons. The van der Waals surface area contributed by atoms with Gasteiger partial charge < -0.3 is 4.40 Å². The zero-order chi connectivity index (χ0) is 15.9. The molecule has 0 saturated heterocycles. The van der Waals surface area contributed by atoms with E-state index in [-0.39, 0.29) is 11.4 Å². The van der Waals surface area contributed by atoms with Crippen LogP contribution in [-0.2, 0) is 16.6 Å². The predicted molar refractivity (Wildman–Crippen MR) is 82.0 cm³/mol. The summed E-state index contributed by atoms with van der Waals surface area (Å²) >= 11 is 0. The van der Waals surface area contributed by atoms with Crippen LogP contribution in [0.5, 0.6) is 0 Å². The van der Waals surface area contributed by atoms with Gasteiger partial charge in [-0.05, 0) is 32.4 Å². The van der Waals surface area contributed by atoms with Gasteiger partial charge in [-0.3, -0.25) is 5.10 Å². The van der Waals surface area contributed by atoms with E-state index in [0.29, 0.717) is 11.4 Å². The molecule has 2 N–H and O–H groups in total. The lowest BCUT2D eigenvalue weighted by Crippen LogP contribution is -2.24. The number of aryl methyl sites for hydroxylation is 3. The van der Waals surface area contributed by atoms with Gasteiger partial charge >= 0.3 is 0 Å². The Kier molecular flexibility index (Phi) is 3.50. The first-order chi connectivity index (χ1) is 10.4. The molecule has 0 unspecified atom stereocenters. The molecule has 0 aliphatic carbocycles. The fourth-order valence-electron chi connectivity index (χ4n) is 2.51. The van der Waals surface area contributed by atoms with Crippen molar-refractivity contribution in [1.29, 1.82) is 0 Å². The first-order valence-electron chi connectivity index (χ1n) is 6.83. The molecule has 0 bridgehead atoms. The van der Waals surface area contributed by atoms with Crippen molar-refractivity contribution in [1.82, 2.24) is 24.3 Å². The van der Waals surface area contributed by atoms with Crippen LogP contribution in [0.2, 0.25) is 0 Å². The summed E-state index contributed by atoms with van der Waals surface area (Å²) in [6.07, 6.45) is 3.55. The second-order valence-electron chi connectivity index (χ2n) is 5.22. The molecule has 0 fully saturated rings. The second kappa shape index (κ2) is 5.22. The summed E-state index contributed by atoms with van der Waals surface area (Å²) in [6, 6.07) is 3.88. The van der Waals surface area contributed by atoms with Crippen molar-refractivity contribution in [3.05, 3.63) is 47.2 Å². The molecule has 0 spiro atoms. The minimum Gasteiger partial charge on any atom is -0.303 e. The monoisotopic (exact) mass is 319 g/mol. The molecular weight excluding hydrogens is 302 g/mol. The molecule has 3 rings (SSSR count). The lowest BCUT2D eigenvalue weighted by Gasteiger charge is -2.07. The van der Waals surface area contributed by atoms with Crippen molar-refractivity contribution in [3.63, 3.8) is 0 Å². The van der Waals surface area contributed by atoms with Crippen LogP contribution >= 0.6 is 0 Å². The largest absolute Gasteiger partial charge is 0.303 e. The highest BCUT2D eigenvalue weighted by molar-refractivity contribution is 7.89. The van der Waals surface area contributed by atoms with E-state index in [2.05, 4.69) is 19.9 Å². The molecule has 3 heterocycles. The number of hydrogen-bond acceptors (Lipinski definition) is 4. The molecule has 0 aliphatic rings. The van der Waals surface area contributed by atoms with Gasteiger partial charge in [0.1, 0.15) is 10.5 Å². The summed E-state index contributed by atoms with van der Waals surface area (Å²) in [4.78, 5) is 4.53. The number of aromatic nitrogens is 4. The van der Waals surface area contributed by atoms with Crippen molar-refractivity contribution in [2.45, 2.75) is 32.2 Å². The van der Waals surface area contributed by atoms with E-state index >= 15 is 0 Å². The smallest absolute Gasteiger partial charge is 0.244 e. The minimum atomic E-state index is -3.62. The Labute approximate surface area is 128 Å². The normalized spacial score (nSPS) is 12.1. The number of rotatable bonds is 4. The fraction of sp³-hybridized carbons (Fsp3) is 0.286. The fourth-order valence-corrected chi connectivity index (χ4v) is 3.88. The van der Waals surface area contributed by atoms with Crippen molar-refractivity contribution < 1.29 is 8.42 Å². The second-order valence-corrected chi connectivity index (χ2v) is 6.93. The average molecular weight is 319 g/mol. The van der Waals surface area contributed by atoms with Crippen molar-refractivity contribution in [3.8, 4) is 0 Å². The van der Waals surface area contributed by atoms with Gasteiger partial charge in [0.15, 0.2) is 0 Å². The number of nitrogens with one attached hydrogen (secondary N) is 2. The molecule has 0 atom stereocenters. The van der Waals surface area contributed by atoms with Crippen LogP contribution < -0.4 is 4.72 Å². The first kappa shape index (κ1) is 14.7. The van der Waals surface area contributed by atoms with Crippen LogP contribution in [0.1, 0.15) is 22.6 Å². The van der Waals surface area contributed by atoms with Crippen molar-refractivity contribution in [2.75, 3.05) is 0 Å². The van der Waals surface area contributed by atoms with Crippen LogP contribution in [0.4, 0.5) is 0 Å². The van der Waals surface area contributed by atoms with Gasteiger partial charge in [0, 0.05) is 6.20 Å². The lowest BCUT2D eigenvalue weighted by molar-refractivity contribution is 0.579. The zero-order valence-corrected chi connectivity index (χ0v) is 13.4. The quantitative estimate of drug-likeness (QED) is 0.761. The third-order valence-corrected chi connectivity index (χ3v) is 5.24. The van der Waals surface area contributed by atoms with Crippen LogP contribution in [-0.4, -0.2) is 28.0 Å². The molecule has 22 heavy (non-hydrogen) atoms. The Morgan fingerprint density at radius 2 is 2.09 bits per heavy atom. The third-order valence-electron chi connectivity index (χ3n) is 3.58. The van der Waals surface area contributed by atoms with E-state index in [9.17, 15) is 8.42 Å². The maximum atomic E-state index is 12.4. The number of nitrogens with zero attached hydrogens (tertiary/aromatic N) is 3. The van der Waals surface area contributed by atoms with Crippen LogP contribution in [0.3, 0.4) is 0 Å². The number of sulfonamides is 1. The Hall–Kier alpha value is -2.19. The number of H-pyrrole nitrogens is 1. The Morgan fingerprint density at radius 1 is 1.32 bits per heavy atom. The van der Waals surface area contributed by atoms with E-state index in [0.717, 1.165) is 16.9 Å². The summed E-state index contributed by atoms with van der Waals surface area (Å²) in [6.45, 7) is 5.48. The molecule has 0 aromatic carbocycles. The zero-order valence-electron chi connectivity index (χ0n) is 12.6. The summed E-state index contributed by atoms with van der Waals surface area (Å²) in [5.74, 6) is 0. The van der Waals surface area contributed by atoms with Gasteiger partial charge in [-0.15, -0.1) is 0 Å². The summed E-state index contributed by atoms with van der Waals surface area (Å²) in [5, 5.41) is 6.61. The summed E-state index contributed by atoms with van der Waals surface area (Å²) in [7, 11) is -3.62. The van der Waals surface area contributed by atoms with E-state index in [1.807, 2.05) is 29.7 Å². The van der Waals surface area contributed by atoms with E-state index in [1.165, 1.54) is 0 Å². The molecule has 8 heteroatoms. The number of pyridine rings is 1. The SMILES string of the molecule is Cc1n[nH]c(C)c1S(=O)(=O)NCc1cnc2c(C)cccn12. The summed E-state index contributed by atoms with van der Waals surface area (Å²) < 4.78 is 29.4. The number of imidazole rings is 1. The number of hydrogen-bond donors (Lipinski definition) is 2. The first-order valence-corrected chi connectivity index (χ1v) is 8.31. The molecule has 3 aromatic heterocycles. The molecule has 7 nitrogen and oxygen atoms in total. The van der Waals surface area contributed by atoms with E-state index in [4.69, 9.17) is 0 Å². The predicted octanol–water partition coefficient (Wildman–Crippen LogP) is 1.46. The average Bonchev–Trinajstić information content (AvgIpc) is 3.02. The standard InChI is InChI=1S/C14H17N5O2S/c1-9-5-4-6-19-12(7-15-14(9)19)8-16-22(20,21)13-10(2)17-18-11(13)3/h4-7,16H,8H2,1-3H3,(H,17,18). The Bertz CT molecular complexity index is 920. The number of aromatic amines is 1. The van der Waals surface area contributed by atoms with Crippen LogP contribution in [0, 0.1) is 20.8 Å². The highest BCUT2D eigenvalue weighted by Crippen LogP contribution is 2.17. The highest BCUT2D eigenvalue weighted by Gasteiger charge is 2.22. The molecule has 0 saturated carbocycles. The lowest BCUT2D eigenvalue weighted by atomic mass is 10.3. The van der Waals surface area contributed by atoms with Crippen LogP contribution in [0.15, 0.2) is 29.4 Å². The highest BCUT2D eigenvalue weighted by atomic mass is 32.2. The Balaban J connectivity index is 1.90.